The van der Waals surface area contributed by atoms with Crippen LogP contribution >= 0.6 is 7.82 Å². The molecule has 0 aliphatic heterocycles. The quantitative estimate of drug-likeness (QED) is 0.0288. The smallest absolute Gasteiger partial charge is 0.268 e. The molecule has 0 aromatic rings. The molecule has 0 fully saturated rings. The number of aliphatic hydroxyl groups excluding tert-OH is 1. The lowest BCUT2D eigenvalue weighted by Gasteiger charge is -2.30. The number of unbranched alkanes of at least 4 members (excludes halogenated alkanes) is 8. The largest absolute Gasteiger partial charge is 0.756 e. The van der Waals surface area contributed by atoms with Gasteiger partial charge in [0.1, 0.15) is 13.2 Å². The van der Waals surface area contributed by atoms with Crippen molar-refractivity contribution in [2.75, 3.05) is 40.9 Å². The van der Waals surface area contributed by atoms with Crippen LogP contribution in [0, 0.1) is 0 Å². The van der Waals surface area contributed by atoms with Crippen LogP contribution in [0.2, 0.25) is 0 Å². The Hall–Kier alpha value is -2.32. The van der Waals surface area contributed by atoms with Gasteiger partial charge in [0.05, 0.1) is 39.9 Å². The summed E-state index contributed by atoms with van der Waals surface area (Å²) in [6.07, 6.45) is 47.9. The molecule has 2 N–H and O–H groups in total. The molecule has 9 heteroatoms. The van der Waals surface area contributed by atoms with Gasteiger partial charge in [0.15, 0.2) is 0 Å². The zero-order valence-corrected chi connectivity index (χ0v) is 35.1. The van der Waals surface area contributed by atoms with Crippen molar-refractivity contribution in [3.8, 4) is 0 Å². The van der Waals surface area contributed by atoms with Gasteiger partial charge in [0.25, 0.3) is 7.82 Å². The molecule has 0 aliphatic carbocycles. The average molecular weight is 761 g/mol. The van der Waals surface area contributed by atoms with E-state index in [1.54, 1.807) is 0 Å². The molecule has 0 aliphatic rings. The molecule has 0 rings (SSSR count). The van der Waals surface area contributed by atoms with E-state index in [-0.39, 0.29) is 19.1 Å². The van der Waals surface area contributed by atoms with Crippen LogP contribution in [-0.4, -0.2) is 68.5 Å². The molecule has 3 atom stereocenters. The van der Waals surface area contributed by atoms with Crippen molar-refractivity contribution < 1.29 is 32.9 Å². The van der Waals surface area contributed by atoms with Crippen LogP contribution in [0.3, 0.4) is 0 Å². The Morgan fingerprint density at radius 1 is 0.679 bits per heavy atom. The van der Waals surface area contributed by atoms with E-state index in [1.165, 1.54) is 0 Å². The normalized spacial score (nSPS) is 15.4. The molecule has 0 aromatic carbocycles. The number of nitrogens with zero attached hydrogens (tertiary/aromatic N) is 1. The van der Waals surface area contributed by atoms with E-state index in [9.17, 15) is 19.4 Å². The topological polar surface area (TPSA) is 108 Å². The molecule has 0 aromatic heterocycles. The summed E-state index contributed by atoms with van der Waals surface area (Å²) in [5.41, 5.74) is 0. The van der Waals surface area contributed by atoms with E-state index in [4.69, 9.17) is 9.05 Å². The Morgan fingerprint density at radius 3 is 1.66 bits per heavy atom. The van der Waals surface area contributed by atoms with Gasteiger partial charge in [0.2, 0.25) is 5.91 Å². The number of carbonyl (C=O) groups is 1. The first kappa shape index (κ1) is 50.7. The average Bonchev–Trinajstić information content (AvgIpc) is 3.10. The third kappa shape index (κ3) is 37.8. The fraction of sp³-hybridized carbons (Fsp3) is 0.659. The van der Waals surface area contributed by atoms with Crippen LogP contribution in [0.15, 0.2) is 85.1 Å². The summed E-state index contributed by atoms with van der Waals surface area (Å²) < 4.78 is 22.9. The number of phosphoric acid groups is 1. The minimum atomic E-state index is -4.55. The van der Waals surface area contributed by atoms with Gasteiger partial charge in [-0.15, -0.1) is 0 Å². The minimum absolute atomic E-state index is 0.00147. The van der Waals surface area contributed by atoms with Crippen LogP contribution in [0.5, 0.6) is 0 Å². The molecule has 0 spiro atoms. The Bertz CT molecular complexity index is 1140. The predicted molar refractivity (Wildman–Crippen MR) is 223 cm³/mol. The SMILES string of the molecule is CC/C=C\C/C=C\C/C=C\C/C=C\C/C=C\C/C=C\C/C=C\CCCCCCCC(=O)NC(COP(=O)([O-])OCC[N+](C)(C)C)C(O)CCCCCC. The van der Waals surface area contributed by atoms with Crippen molar-refractivity contribution in [3.63, 3.8) is 0 Å². The van der Waals surface area contributed by atoms with E-state index in [0.717, 1.165) is 109 Å². The van der Waals surface area contributed by atoms with E-state index in [0.29, 0.717) is 23.9 Å². The second kappa shape index (κ2) is 35.4. The van der Waals surface area contributed by atoms with Gasteiger partial charge in [-0.25, -0.2) is 0 Å². The molecule has 53 heavy (non-hydrogen) atoms. The highest BCUT2D eigenvalue weighted by Gasteiger charge is 2.24. The lowest BCUT2D eigenvalue weighted by Crippen LogP contribution is -2.46. The number of aliphatic hydroxyl groups is 1. The molecule has 0 saturated heterocycles. The summed E-state index contributed by atoms with van der Waals surface area (Å²) in [7, 11) is 1.26. The summed E-state index contributed by atoms with van der Waals surface area (Å²) in [6.45, 7) is 4.42. The van der Waals surface area contributed by atoms with Crippen molar-refractivity contribution in [2.24, 2.45) is 0 Å². The summed E-state index contributed by atoms with van der Waals surface area (Å²) in [5.74, 6) is -0.199. The van der Waals surface area contributed by atoms with Crippen molar-refractivity contribution in [2.45, 2.75) is 148 Å². The number of quaternary nitrogens is 1. The number of amides is 1. The van der Waals surface area contributed by atoms with Gasteiger partial charge < -0.3 is 28.8 Å². The summed E-state index contributed by atoms with van der Waals surface area (Å²) in [5, 5.41) is 13.6. The van der Waals surface area contributed by atoms with Crippen LogP contribution in [0.1, 0.15) is 136 Å². The Balaban J connectivity index is 4.12. The van der Waals surface area contributed by atoms with Gasteiger partial charge >= 0.3 is 0 Å². The van der Waals surface area contributed by atoms with Gasteiger partial charge in [-0.05, 0) is 70.6 Å². The number of nitrogens with one attached hydrogen (secondary N) is 1. The minimum Gasteiger partial charge on any atom is -0.756 e. The molecule has 3 unspecified atom stereocenters. The standard InChI is InChI=1S/C44H77N2O6P/c1-6-8-10-12-13-14-15-16-17-18-19-20-21-22-23-24-25-26-27-28-29-30-31-32-33-34-36-38-44(48)45-42(43(47)37-35-11-9-7-2)41-52-53(49,50)51-40-39-46(3,4)5/h8,10,13-14,16-17,19-20,22-23,25-26,28-29,42-43,47H,6-7,9,11-12,15,18,21,24,27,30-41H2,1-5H3,(H-,45,48,49,50)/b10-8-,14-13-,17-16-,20-19-,23-22-,26-25-,29-28-. The number of carbonyl (C=O) groups excluding carboxylic acids is 1. The summed E-state index contributed by atoms with van der Waals surface area (Å²) >= 11 is 0. The first-order chi connectivity index (χ1) is 25.5. The lowest BCUT2D eigenvalue weighted by molar-refractivity contribution is -0.870. The monoisotopic (exact) mass is 761 g/mol. The predicted octanol–water partition coefficient (Wildman–Crippen LogP) is 10.4. The van der Waals surface area contributed by atoms with Crippen LogP contribution in [-0.2, 0) is 18.4 Å². The van der Waals surface area contributed by atoms with Crippen molar-refractivity contribution in [1.82, 2.24) is 5.32 Å². The van der Waals surface area contributed by atoms with E-state index in [1.807, 2.05) is 21.1 Å². The fourth-order valence-corrected chi connectivity index (χ4v) is 5.86. The zero-order chi connectivity index (χ0) is 39.3. The maximum Gasteiger partial charge on any atom is 0.268 e. The number of phosphoric ester groups is 1. The number of likely N-dealkylation sites (N-methyl/N-ethyl adjacent to an activating group) is 1. The van der Waals surface area contributed by atoms with Crippen molar-refractivity contribution in [3.05, 3.63) is 85.1 Å². The fourth-order valence-electron chi connectivity index (χ4n) is 5.13. The van der Waals surface area contributed by atoms with Gasteiger partial charge in [-0.3, -0.25) is 9.36 Å². The molecule has 0 bridgehead atoms. The highest BCUT2D eigenvalue weighted by atomic mass is 31.2. The maximum atomic E-state index is 12.7. The summed E-state index contributed by atoms with van der Waals surface area (Å²) in [4.78, 5) is 25.0. The Kier molecular flexibility index (Phi) is 33.8. The Morgan fingerprint density at radius 2 is 1.15 bits per heavy atom. The van der Waals surface area contributed by atoms with E-state index >= 15 is 0 Å². The van der Waals surface area contributed by atoms with Crippen molar-refractivity contribution in [1.29, 1.82) is 0 Å². The molecule has 304 valence electrons. The first-order valence-corrected chi connectivity index (χ1v) is 21.9. The second-order valence-corrected chi connectivity index (χ2v) is 16.0. The summed E-state index contributed by atoms with van der Waals surface area (Å²) in [6, 6.07) is -0.812. The van der Waals surface area contributed by atoms with Gasteiger partial charge in [0, 0.05) is 6.42 Å². The van der Waals surface area contributed by atoms with Gasteiger partial charge in [-0.2, -0.15) is 0 Å². The number of hydrogen-bond acceptors (Lipinski definition) is 6. The number of allylic oxidation sites excluding steroid dienone is 14. The zero-order valence-electron chi connectivity index (χ0n) is 34.2. The maximum absolute atomic E-state index is 12.7. The highest BCUT2D eigenvalue weighted by molar-refractivity contribution is 7.45. The van der Waals surface area contributed by atoms with Crippen LogP contribution in [0.4, 0.5) is 0 Å². The number of rotatable bonds is 35. The highest BCUT2D eigenvalue weighted by Crippen LogP contribution is 2.38. The third-order valence-corrected chi connectivity index (χ3v) is 9.36. The van der Waals surface area contributed by atoms with E-state index < -0.39 is 20.0 Å². The molecule has 1 amide bonds. The molecule has 8 nitrogen and oxygen atoms in total. The molecular weight excluding hydrogens is 683 g/mol. The molecule has 0 saturated carbocycles. The second-order valence-electron chi connectivity index (χ2n) is 14.6. The van der Waals surface area contributed by atoms with Crippen molar-refractivity contribution >= 4 is 13.7 Å². The Labute approximate surface area is 325 Å². The van der Waals surface area contributed by atoms with E-state index in [2.05, 4.69) is 104 Å². The molecular formula is C44H77N2O6P. The van der Waals surface area contributed by atoms with Crippen LogP contribution < -0.4 is 10.2 Å². The number of hydrogen-bond donors (Lipinski definition) is 2. The first-order valence-electron chi connectivity index (χ1n) is 20.4. The molecule has 0 heterocycles. The lowest BCUT2D eigenvalue weighted by atomic mass is 10.0. The molecule has 0 radical (unpaired) electrons. The van der Waals surface area contributed by atoms with Gasteiger partial charge in [-0.1, -0.05) is 144 Å². The van der Waals surface area contributed by atoms with Crippen LogP contribution in [0.25, 0.3) is 0 Å². The third-order valence-electron chi connectivity index (χ3n) is 8.40.